The second-order valence-corrected chi connectivity index (χ2v) is 6.23. The SMILES string of the molecule is CC(c1cccc(Br)c1)N1CCCC(CCN)C1. The molecule has 0 aromatic heterocycles. The van der Waals surface area contributed by atoms with Crippen molar-refractivity contribution in [3.63, 3.8) is 0 Å². The maximum atomic E-state index is 5.69. The second-order valence-electron chi connectivity index (χ2n) is 5.31. The second kappa shape index (κ2) is 6.69. The van der Waals surface area contributed by atoms with Crippen LogP contribution in [-0.2, 0) is 0 Å². The number of rotatable bonds is 4. The van der Waals surface area contributed by atoms with Crippen molar-refractivity contribution in [2.45, 2.75) is 32.2 Å². The summed E-state index contributed by atoms with van der Waals surface area (Å²) in [6.45, 7) is 5.55. The predicted molar refractivity (Wildman–Crippen MR) is 80.5 cm³/mol. The zero-order valence-corrected chi connectivity index (χ0v) is 12.7. The minimum atomic E-state index is 0.503. The fourth-order valence-electron chi connectivity index (χ4n) is 2.90. The van der Waals surface area contributed by atoms with Gasteiger partial charge in [0.25, 0.3) is 0 Å². The molecule has 0 amide bonds. The van der Waals surface area contributed by atoms with Gasteiger partial charge in [0.05, 0.1) is 0 Å². The fraction of sp³-hybridized carbons (Fsp3) is 0.600. The fourth-order valence-corrected chi connectivity index (χ4v) is 3.31. The van der Waals surface area contributed by atoms with Crippen LogP contribution in [0.15, 0.2) is 28.7 Å². The summed E-state index contributed by atoms with van der Waals surface area (Å²) in [6, 6.07) is 9.17. The molecule has 0 bridgehead atoms. The van der Waals surface area contributed by atoms with Crippen molar-refractivity contribution in [1.82, 2.24) is 4.90 Å². The maximum Gasteiger partial charge on any atom is 0.0320 e. The Kier molecular flexibility index (Phi) is 5.22. The van der Waals surface area contributed by atoms with Gasteiger partial charge in [-0.1, -0.05) is 28.1 Å². The largest absolute Gasteiger partial charge is 0.330 e. The van der Waals surface area contributed by atoms with Crippen molar-refractivity contribution in [3.05, 3.63) is 34.3 Å². The first-order valence-corrected chi connectivity index (χ1v) is 7.69. The highest BCUT2D eigenvalue weighted by molar-refractivity contribution is 9.10. The smallest absolute Gasteiger partial charge is 0.0320 e. The van der Waals surface area contributed by atoms with E-state index < -0.39 is 0 Å². The number of likely N-dealkylation sites (tertiary alicyclic amines) is 1. The average molecular weight is 311 g/mol. The Hall–Kier alpha value is -0.380. The average Bonchev–Trinajstić information content (AvgIpc) is 2.39. The van der Waals surface area contributed by atoms with E-state index in [9.17, 15) is 0 Å². The van der Waals surface area contributed by atoms with Crippen molar-refractivity contribution in [2.75, 3.05) is 19.6 Å². The predicted octanol–water partition coefficient (Wildman–Crippen LogP) is 3.57. The van der Waals surface area contributed by atoms with E-state index in [1.807, 2.05) is 0 Å². The van der Waals surface area contributed by atoms with E-state index in [0.717, 1.165) is 12.5 Å². The molecule has 1 aliphatic rings. The van der Waals surface area contributed by atoms with Crippen LogP contribution in [0.25, 0.3) is 0 Å². The Balaban J connectivity index is 2.02. The van der Waals surface area contributed by atoms with E-state index in [0.29, 0.717) is 6.04 Å². The third kappa shape index (κ3) is 3.56. The normalized spacial score (nSPS) is 22.9. The lowest BCUT2D eigenvalue weighted by Crippen LogP contribution is -2.37. The highest BCUT2D eigenvalue weighted by Gasteiger charge is 2.23. The summed E-state index contributed by atoms with van der Waals surface area (Å²) in [5.74, 6) is 0.790. The van der Waals surface area contributed by atoms with E-state index in [-0.39, 0.29) is 0 Å². The minimum Gasteiger partial charge on any atom is -0.330 e. The maximum absolute atomic E-state index is 5.69. The zero-order valence-electron chi connectivity index (χ0n) is 11.1. The lowest BCUT2D eigenvalue weighted by Gasteiger charge is -2.37. The molecule has 2 N–H and O–H groups in total. The highest BCUT2D eigenvalue weighted by Crippen LogP contribution is 2.28. The first-order valence-electron chi connectivity index (χ1n) is 6.90. The zero-order chi connectivity index (χ0) is 13.0. The van der Waals surface area contributed by atoms with Gasteiger partial charge in [0.15, 0.2) is 0 Å². The Bertz CT molecular complexity index is 379. The molecule has 1 fully saturated rings. The molecule has 0 radical (unpaired) electrons. The standard InChI is InChI=1S/C15H23BrN2/c1-12(14-5-2-6-15(16)10-14)18-9-3-4-13(11-18)7-8-17/h2,5-6,10,12-13H,3-4,7-9,11,17H2,1H3. The van der Waals surface area contributed by atoms with Gasteiger partial charge in [0, 0.05) is 17.1 Å². The van der Waals surface area contributed by atoms with Crippen LogP contribution in [0.4, 0.5) is 0 Å². The highest BCUT2D eigenvalue weighted by atomic mass is 79.9. The summed E-state index contributed by atoms with van der Waals surface area (Å²) in [4.78, 5) is 2.60. The lowest BCUT2D eigenvalue weighted by molar-refractivity contribution is 0.128. The molecule has 1 heterocycles. The van der Waals surface area contributed by atoms with E-state index >= 15 is 0 Å². The van der Waals surface area contributed by atoms with Crippen LogP contribution in [0, 0.1) is 5.92 Å². The summed E-state index contributed by atoms with van der Waals surface area (Å²) >= 11 is 3.56. The quantitative estimate of drug-likeness (QED) is 0.921. The van der Waals surface area contributed by atoms with Crippen molar-refractivity contribution >= 4 is 15.9 Å². The molecule has 3 heteroatoms. The molecule has 0 spiro atoms. The van der Waals surface area contributed by atoms with Crippen LogP contribution >= 0.6 is 15.9 Å². The molecule has 2 atom stereocenters. The number of hydrogen-bond acceptors (Lipinski definition) is 2. The number of hydrogen-bond donors (Lipinski definition) is 1. The molecule has 2 nitrogen and oxygen atoms in total. The van der Waals surface area contributed by atoms with Gasteiger partial charge < -0.3 is 5.73 Å². The summed E-state index contributed by atoms with van der Waals surface area (Å²) in [5.41, 5.74) is 7.09. The molecule has 2 unspecified atom stereocenters. The molecule has 0 aliphatic carbocycles. The first kappa shape index (κ1) is 14.0. The summed E-state index contributed by atoms with van der Waals surface area (Å²) in [7, 11) is 0. The molecular weight excluding hydrogens is 288 g/mol. The number of piperidine rings is 1. The Morgan fingerprint density at radius 1 is 1.50 bits per heavy atom. The van der Waals surface area contributed by atoms with Crippen LogP contribution in [0.1, 0.15) is 37.8 Å². The number of halogens is 1. The van der Waals surface area contributed by atoms with Gasteiger partial charge >= 0.3 is 0 Å². The van der Waals surface area contributed by atoms with Crippen LogP contribution in [0.3, 0.4) is 0 Å². The molecular formula is C15H23BrN2. The third-order valence-electron chi connectivity index (χ3n) is 4.00. The molecule has 18 heavy (non-hydrogen) atoms. The molecule has 1 saturated heterocycles. The van der Waals surface area contributed by atoms with Gasteiger partial charge in [-0.2, -0.15) is 0 Å². The van der Waals surface area contributed by atoms with Gasteiger partial charge in [-0.25, -0.2) is 0 Å². The molecule has 100 valence electrons. The van der Waals surface area contributed by atoms with Crippen molar-refractivity contribution < 1.29 is 0 Å². The molecule has 0 saturated carbocycles. The van der Waals surface area contributed by atoms with Crippen LogP contribution in [-0.4, -0.2) is 24.5 Å². The molecule has 1 aliphatic heterocycles. The van der Waals surface area contributed by atoms with Crippen LogP contribution < -0.4 is 5.73 Å². The number of benzene rings is 1. The molecule has 1 aromatic rings. The topological polar surface area (TPSA) is 29.3 Å². The van der Waals surface area contributed by atoms with Crippen molar-refractivity contribution in [1.29, 1.82) is 0 Å². The van der Waals surface area contributed by atoms with Gasteiger partial charge in [-0.15, -0.1) is 0 Å². The van der Waals surface area contributed by atoms with Crippen LogP contribution in [0.2, 0.25) is 0 Å². The Labute approximate surface area is 119 Å². The number of nitrogens with zero attached hydrogens (tertiary/aromatic N) is 1. The Morgan fingerprint density at radius 3 is 3.06 bits per heavy atom. The summed E-state index contributed by atoms with van der Waals surface area (Å²) in [6.07, 6.45) is 3.82. The van der Waals surface area contributed by atoms with E-state index in [1.54, 1.807) is 0 Å². The third-order valence-corrected chi connectivity index (χ3v) is 4.50. The van der Waals surface area contributed by atoms with Gasteiger partial charge in [-0.05, 0) is 62.9 Å². The monoisotopic (exact) mass is 310 g/mol. The van der Waals surface area contributed by atoms with Crippen LogP contribution in [0.5, 0.6) is 0 Å². The minimum absolute atomic E-state index is 0.503. The van der Waals surface area contributed by atoms with Crippen molar-refractivity contribution in [3.8, 4) is 0 Å². The van der Waals surface area contributed by atoms with E-state index in [1.165, 1.54) is 42.4 Å². The number of nitrogens with two attached hydrogens (primary N) is 1. The summed E-state index contributed by atoms with van der Waals surface area (Å²) < 4.78 is 1.17. The van der Waals surface area contributed by atoms with E-state index in [4.69, 9.17) is 5.73 Å². The van der Waals surface area contributed by atoms with E-state index in [2.05, 4.69) is 52.0 Å². The van der Waals surface area contributed by atoms with Crippen molar-refractivity contribution in [2.24, 2.45) is 11.7 Å². The lowest BCUT2D eigenvalue weighted by atomic mass is 9.93. The van der Waals surface area contributed by atoms with Gasteiger partial charge in [-0.3, -0.25) is 4.90 Å². The first-order chi connectivity index (χ1) is 8.70. The Morgan fingerprint density at radius 2 is 2.33 bits per heavy atom. The molecule has 2 rings (SSSR count). The van der Waals surface area contributed by atoms with Gasteiger partial charge in [0.2, 0.25) is 0 Å². The summed E-state index contributed by atoms with van der Waals surface area (Å²) in [5, 5.41) is 0. The molecule has 1 aromatic carbocycles. The van der Waals surface area contributed by atoms with Gasteiger partial charge in [0.1, 0.15) is 0 Å².